The van der Waals surface area contributed by atoms with Crippen LogP contribution in [0.5, 0.6) is 0 Å². The van der Waals surface area contributed by atoms with E-state index >= 15 is 0 Å². The van der Waals surface area contributed by atoms with Gasteiger partial charge in [-0.15, -0.1) is 0 Å². The summed E-state index contributed by atoms with van der Waals surface area (Å²) in [6.45, 7) is 14.6. The molecular formula is C31H41ClN8O. The lowest BCUT2D eigenvalue weighted by molar-refractivity contribution is 0.0611. The zero-order valence-electron chi connectivity index (χ0n) is 24.6. The van der Waals surface area contributed by atoms with Gasteiger partial charge in [0.05, 0.1) is 0 Å². The Labute approximate surface area is 247 Å². The standard InChI is InChI=1S/C29H35ClN8O.C2H6/c1-3-24-18-37(29-20(2)14-22(16-33-29)27-31-8-9-32-27)12-13-38(24)25-6-10-36(11-7-25)17-21-4-5-23(30)15-26(21)28-34-19-39-35-28;1-2/h4-5,8-9,14-16,19,24-25H,3,6-7,10-13,17-18H2,1-2H3,(H,31,32);1-2H3. The Morgan fingerprint density at radius 3 is 2.56 bits per heavy atom. The number of anilines is 1. The molecule has 1 N–H and O–H groups in total. The van der Waals surface area contributed by atoms with Gasteiger partial charge in [-0.25, -0.2) is 9.97 Å². The first-order valence-corrected chi connectivity index (χ1v) is 15.2. The van der Waals surface area contributed by atoms with E-state index in [1.54, 1.807) is 6.20 Å². The van der Waals surface area contributed by atoms with Crippen LogP contribution in [-0.2, 0) is 6.54 Å². The Morgan fingerprint density at radius 1 is 1.05 bits per heavy atom. The number of halogens is 1. The Bertz CT molecular complexity index is 1370. The molecule has 4 aromatic rings. The van der Waals surface area contributed by atoms with Crippen molar-refractivity contribution in [2.24, 2.45) is 0 Å². The maximum absolute atomic E-state index is 6.28. The number of hydrogen-bond acceptors (Lipinski definition) is 8. The lowest BCUT2D eigenvalue weighted by Gasteiger charge is -2.48. The second-order valence-electron chi connectivity index (χ2n) is 10.6. The third-order valence-corrected chi connectivity index (χ3v) is 8.45. The number of nitrogens with zero attached hydrogens (tertiary/aromatic N) is 7. The summed E-state index contributed by atoms with van der Waals surface area (Å²) in [4.78, 5) is 24.4. The number of aromatic nitrogens is 5. The van der Waals surface area contributed by atoms with Gasteiger partial charge in [-0.2, -0.15) is 4.98 Å². The lowest BCUT2D eigenvalue weighted by atomic mass is 9.97. The summed E-state index contributed by atoms with van der Waals surface area (Å²) in [7, 11) is 0. The molecule has 2 aliphatic rings. The summed E-state index contributed by atoms with van der Waals surface area (Å²) in [5.41, 5.74) is 4.35. The predicted octanol–water partition coefficient (Wildman–Crippen LogP) is 6.07. The largest absolute Gasteiger partial charge is 0.354 e. The molecular weight excluding hydrogens is 536 g/mol. The molecule has 0 bridgehead atoms. The van der Waals surface area contributed by atoms with E-state index in [0.717, 1.165) is 68.5 Å². The van der Waals surface area contributed by atoms with E-state index in [0.29, 0.717) is 22.9 Å². The van der Waals surface area contributed by atoms with Crippen LogP contribution in [0, 0.1) is 6.92 Å². The van der Waals surface area contributed by atoms with Crippen molar-refractivity contribution in [2.75, 3.05) is 37.6 Å². The molecule has 1 aromatic carbocycles. The number of aryl methyl sites for hydroxylation is 1. The number of piperidine rings is 1. The first-order chi connectivity index (χ1) is 20.1. The number of likely N-dealkylation sites (tertiary alicyclic amines) is 1. The lowest BCUT2D eigenvalue weighted by Crippen LogP contribution is -2.58. The van der Waals surface area contributed by atoms with Crippen molar-refractivity contribution >= 4 is 17.4 Å². The van der Waals surface area contributed by atoms with Crippen molar-refractivity contribution < 1.29 is 4.52 Å². The maximum Gasteiger partial charge on any atom is 0.214 e. The smallest absolute Gasteiger partial charge is 0.214 e. The summed E-state index contributed by atoms with van der Waals surface area (Å²) >= 11 is 6.28. The van der Waals surface area contributed by atoms with E-state index in [-0.39, 0.29) is 0 Å². The van der Waals surface area contributed by atoms with Crippen LogP contribution in [0.1, 0.15) is 51.2 Å². The molecule has 1 atom stereocenters. The molecule has 3 aromatic heterocycles. The van der Waals surface area contributed by atoms with Crippen LogP contribution in [0.4, 0.5) is 5.82 Å². The van der Waals surface area contributed by atoms with E-state index in [1.807, 2.05) is 38.4 Å². The topological polar surface area (TPSA) is 90.2 Å². The summed E-state index contributed by atoms with van der Waals surface area (Å²) in [5, 5.41) is 4.72. The van der Waals surface area contributed by atoms with E-state index < -0.39 is 0 Å². The fourth-order valence-corrected chi connectivity index (χ4v) is 6.36. The van der Waals surface area contributed by atoms with Crippen molar-refractivity contribution in [1.82, 2.24) is 34.9 Å². The monoisotopic (exact) mass is 576 g/mol. The average Bonchev–Trinajstić information content (AvgIpc) is 3.75. The van der Waals surface area contributed by atoms with Gasteiger partial charge in [-0.05, 0) is 68.6 Å². The highest BCUT2D eigenvalue weighted by atomic mass is 35.5. The zero-order valence-corrected chi connectivity index (χ0v) is 25.3. The van der Waals surface area contributed by atoms with Crippen molar-refractivity contribution in [3.63, 3.8) is 0 Å². The molecule has 0 radical (unpaired) electrons. The molecule has 2 aliphatic heterocycles. The number of rotatable bonds is 7. The minimum absolute atomic E-state index is 0.530. The zero-order chi connectivity index (χ0) is 28.8. The fraction of sp³-hybridized carbons (Fsp3) is 0.484. The molecule has 0 aliphatic carbocycles. The molecule has 5 heterocycles. The summed E-state index contributed by atoms with van der Waals surface area (Å²) in [6.07, 6.45) is 10.4. The van der Waals surface area contributed by atoms with Gasteiger partial charge in [0, 0.05) is 73.0 Å². The van der Waals surface area contributed by atoms with Crippen LogP contribution in [0.3, 0.4) is 0 Å². The minimum atomic E-state index is 0.530. The van der Waals surface area contributed by atoms with Gasteiger partial charge in [0.2, 0.25) is 12.2 Å². The van der Waals surface area contributed by atoms with Crippen molar-refractivity contribution in [3.05, 3.63) is 65.4 Å². The number of pyridine rings is 1. The molecule has 9 nitrogen and oxygen atoms in total. The van der Waals surface area contributed by atoms with Crippen LogP contribution in [0.25, 0.3) is 22.8 Å². The Balaban J connectivity index is 0.00000165. The third-order valence-electron chi connectivity index (χ3n) is 8.22. The molecule has 6 rings (SSSR count). The summed E-state index contributed by atoms with van der Waals surface area (Å²) in [5.74, 6) is 2.55. The summed E-state index contributed by atoms with van der Waals surface area (Å²) < 4.78 is 4.98. The highest BCUT2D eigenvalue weighted by molar-refractivity contribution is 6.30. The predicted molar refractivity (Wildman–Crippen MR) is 164 cm³/mol. The molecule has 10 heteroatoms. The van der Waals surface area contributed by atoms with Gasteiger partial charge in [-0.3, -0.25) is 9.80 Å². The first-order valence-electron chi connectivity index (χ1n) is 14.8. The number of piperazine rings is 1. The average molecular weight is 577 g/mol. The van der Waals surface area contributed by atoms with E-state index in [1.165, 1.54) is 30.4 Å². The Kier molecular flexibility index (Phi) is 9.69. The molecule has 0 spiro atoms. The highest BCUT2D eigenvalue weighted by Gasteiger charge is 2.34. The molecule has 0 saturated carbocycles. The Hall–Kier alpha value is -3.27. The molecule has 2 fully saturated rings. The summed E-state index contributed by atoms with van der Waals surface area (Å²) in [6, 6.07) is 9.30. The third kappa shape index (κ3) is 6.63. The van der Waals surface area contributed by atoms with E-state index in [4.69, 9.17) is 21.1 Å². The number of H-pyrrole nitrogens is 1. The SMILES string of the molecule is CC.CCC1CN(c2ncc(-c3ncc[nH]3)cc2C)CCN1C1CCN(Cc2ccc(Cl)cc2-c2ncon2)CC1. The number of imidazole rings is 1. The molecule has 2 saturated heterocycles. The van der Waals surface area contributed by atoms with Gasteiger partial charge in [0.25, 0.3) is 0 Å². The van der Waals surface area contributed by atoms with Crippen LogP contribution in [0.2, 0.25) is 5.02 Å². The van der Waals surface area contributed by atoms with Gasteiger partial charge in [0.15, 0.2) is 0 Å². The number of nitrogens with one attached hydrogen (secondary N) is 1. The normalized spacial score (nSPS) is 18.8. The van der Waals surface area contributed by atoms with Crippen molar-refractivity contribution in [1.29, 1.82) is 0 Å². The van der Waals surface area contributed by atoms with Crippen LogP contribution >= 0.6 is 11.6 Å². The molecule has 218 valence electrons. The van der Waals surface area contributed by atoms with Gasteiger partial charge >= 0.3 is 0 Å². The fourth-order valence-electron chi connectivity index (χ4n) is 6.19. The number of benzene rings is 1. The van der Waals surface area contributed by atoms with Crippen LogP contribution in [-0.4, -0.2) is 79.7 Å². The number of aromatic amines is 1. The van der Waals surface area contributed by atoms with Gasteiger partial charge in [-0.1, -0.05) is 43.6 Å². The Morgan fingerprint density at radius 2 is 1.88 bits per heavy atom. The van der Waals surface area contributed by atoms with Crippen LogP contribution < -0.4 is 4.90 Å². The van der Waals surface area contributed by atoms with Crippen molar-refractivity contribution in [3.8, 4) is 22.8 Å². The maximum atomic E-state index is 6.28. The molecule has 41 heavy (non-hydrogen) atoms. The quantitative estimate of drug-likeness (QED) is 0.283. The van der Waals surface area contributed by atoms with E-state index in [9.17, 15) is 0 Å². The van der Waals surface area contributed by atoms with Crippen LogP contribution in [0.15, 0.2) is 53.8 Å². The minimum Gasteiger partial charge on any atom is -0.354 e. The molecule has 0 amide bonds. The number of hydrogen-bond donors (Lipinski definition) is 1. The second-order valence-corrected chi connectivity index (χ2v) is 11.0. The van der Waals surface area contributed by atoms with Gasteiger partial charge in [0.1, 0.15) is 11.6 Å². The second kappa shape index (κ2) is 13.6. The van der Waals surface area contributed by atoms with E-state index in [2.05, 4.69) is 60.8 Å². The van der Waals surface area contributed by atoms with Crippen molar-refractivity contribution in [2.45, 2.75) is 65.6 Å². The first kappa shape index (κ1) is 29.2. The highest BCUT2D eigenvalue weighted by Crippen LogP contribution is 2.30. The van der Waals surface area contributed by atoms with Gasteiger partial charge < -0.3 is 14.4 Å². The molecule has 1 unspecified atom stereocenters.